The largest absolute Gasteiger partial charge is 0.412 e. The Labute approximate surface area is 80.9 Å². The van der Waals surface area contributed by atoms with Gasteiger partial charge in [-0.25, -0.2) is 0 Å². The van der Waals surface area contributed by atoms with E-state index < -0.39 is 17.7 Å². The molecule has 1 aliphatic carbocycles. The van der Waals surface area contributed by atoms with Gasteiger partial charge in [0, 0.05) is 10.5 Å². The lowest BCUT2D eigenvalue weighted by Gasteiger charge is -2.16. The van der Waals surface area contributed by atoms with Crippen molar-refractivity contribution in [3.8, 4) is 0 Å². The van der Waals surface area contributed by atoms with Gasteiger partial charge >= 0.3 is 6.18 Å². The fourth-order valence-corrected chi connectivity index (χ4v) is 1.63. The first-order valence-electron chi connectivity index (χ1n) is 4.09. The summed E-state index contributed by atoms with van der Waals surface area (Å²) >= 11 is 3.95. The summed E-state index contributed by atoms with van der Waals surface area (Å²) in [5.74, 6) is -0.430. The first kappa shape index (κ1) is 10.7. The van der Waals surface area contributed by atoms with Gasteiger partial charge in [-0.2, -0.15) is 13.2 Å². The molecule has 0 aromatic rings. The molecule has 74 valence electrons. The molecular weight excluding hydrogens is 197 g/mol. The molecule has 0 spiro atoms. The van der Waals surface area contributed by atoms with Gasteiger partial charge in [0.2, 0.25) is 0 Å². The summed E-state index contributed by atoms with van der Waals surface area (Å²) in [6.45, 7) is 1.60. The second kappa shape index (κ2) is 3.78. The Morgan fingerprint density at radius 3 is 2.62 bits per heavy atom. The zero-order valence-electron chi connectivity index (χ0n) is 7.23. The highest BCUT2D eigenvalue weighted by molar-refractivity contribution is 7.84. The monoisotopic (exact) mass is 208 g/mol. The number of allylic oxidation sites excluding steroid dienone is 3. The van der Waals surface area contributed by atoms with Crippen LogP contribution in [0.2, 0.25) is 0 Å². The summed E-state index contributed by atoms with van der Waals surface area (Å²) in [6, 6.07) is 0. The van der Waals surface area contributed by atoms with Crippen LogP contribution in [0.5, 0.6) is 0 Å². The van der Waals surface area contributed by atoms with Crippen LogP contribution in [0.3, 0.4) is 0 Å². The first-order valence-corrected chi connectivity index (χ1v) is 4.54. The molecule has 13 heavy (non-hydrogen) atoms. The lowest BCUT2D eigenvalue weighted by Crippen LogP contribution is -2.17. The van der Waals surface area contributed by atoms with Crippen molar-refractivity contribution in [1.82, 2.24) is 0 Å². The van der Waals surface area contributed by atoms with E-state index in [9.17, 15) is 13.2 Å². The summed E-state index contributed by atoms with van der Waals surface area (Å²) in [4.78, 5) is 0.414. The standard InChI is InChI=1S/C9H11F3S/c1-6-3-2-4-7(13)5-8(6)9(10,11)12/h4-6,13H,2-3H2,1H3/t6-/m0/s1. The van der Waals surface area contributed by atoms with Crippen molar-refractivity contribution in [2.24, 2.45) is 5.92 Å². The van der Waals surface area contributed by atoms with Crippen LogP contribution in [-0.4, -0.2) is 6.18 Å². The fourth-order valence-electron chi connectivity index (χ4n) is 1.36. The van der Waals surface area contributed by atoms with Crippen LogP contribution in [0.15, 0.2) is 22.6 Å². The van der Waals surface area contributed by atoms with E-state index in [0.717, 1.165) is 6.08 Å². The predicted molar refractivity (Wildman–Crippen MR) is 49.6 cm³/mol. The average molecular weight is 208 g/mol. The molecule has 0 bridgehead atoms. The summed E-state index contributed by atoms with van der Waals surface area (Å²) in [5, 5.41) is 0. The van der Waals surface area contributed by atoms with Crippen LogP contribution in [0.25, 0.3) is 0 Å². The molecule has 1 atom stereocenters. The number of hydrogen-bond acceptors (Lipinski definition) is 1. The van der Waals surface area contributed by atoms with E-state index >= 15 is 0 Å². The number of hydrogen-bond donors (Lipinski definition) is 1. The zero-order valence-corrected chi connectivity index (χ0v) is 8.12. The zero-order chi connectivity index (χ0) is 10.1. The molecule has 0 saturated heterocycles. The van der Waals surface area contributed by atoms with Gasteiger partial charge in [-0.05, 0) is 24.8 Å². The molecule has 0 fully saturated rings. The number of rotatable bonds is 0. The van der Waals surface area contributed by atoms with Crippen LogP contribution in [0.4, 0.5) is 13.2 Å². The molecule has 1 rings (SSSR count). The van der Waals surface area contributed by atoms with Gasteiger partial charge in [-0.1, -0.05) is 13.0 Å². The lowest BCUT2D eigenvalue weighted by molar-refractivity contribution is -0.0984. The Hall–Kier alpha value is -0.380. The van der Waals surface area contributed by atoms with Crippen molar-refractivity contribution < 1.29 is 13.2 Å². The van der Waals surface area contributed by atoms with Gasteiger partial charge in [0.15, 0.2) is 0 Å². The quantitative estimate of drug-likeness (QED) is 0.576. The summed E-state index contributed by atoms with van der Waals surface area (Å²) < 4.78 is 37.2. The number of alkyl halides is 3. The molecule has 0 aliphatic heterocycles. The van der Waals surface area contributed by atoms with Crippen LogP contribution < -0.4 is 0 Å². The molecule has 0 heterocycles. The Balaban J connectivity index is 2.97. The maximum absolute atomic E-state index is 12.4. The molecular formula is C9H11F3S. The van der Waals surface area contributed by atoms with Crippen molar-refractivity contribution in [1.29, 1.82) is 0 Å². The van der Waals surface area contributed by atoms with E-state index in [0.29, 0.717) is 17.7 Å². The predicted octanol–water partition coefficient (Wildman–Crippen LogP) is 3.72. The summed E-state index contributed by atoms with van der Waals surface area (Å²) in [6.07, 6.45) is -0.170. The van der Waals surface area contributed by atoms with Crippen LogP contribution in [0, 0.1) is 5.92 Å². The molecule has 0 aromatic carbocycles. The van der Waals surface area contributed by atoms with E-state index in [-0.39, 0.29) is 0 Å². The van der Waals surface area contributed by atoms with Gasteiger partial charge in [0.25, 0.3) is 0 Å². The molecule has 0 N–H and O–H groups in total. The number of thiol groups is 1. The Morgan fingerprint density at radius 2 is 2.08 bits per heavy atom. The summed E-state index contributed by atoms with van der Waals surface area (Å²) in [5.41, 5.74) is -0.466. The van der Waals surface area contributed by atoms with E-state index in [1.807, 2.05) is 0 Å². The molecule has 1 aliphatic rings. The maximum Gasteiger partial charge on any atom is 0.412 e. The molecule has 0 aromatic heterocycles. The van der Waals surface area contributed by atoms with Gasteiger partial charge in [-0.3, -0.25) is 0 Å². The Bertz CT molecular complexity index is 250. The first-order chi connectivity index (χ1) is 5.91. The Kier molecular flexibility index (Phi) is 3.11. The second-order valence-electron chi connectivity index (χ2n) is 3.20. The number of halogens is 3. The topological polar surface area (TPSA) is 0 Å². The molecule has 0 saturated carbocycles. The minimum atomic E-state index is -4.22. The van der Waals surface area contributed by atoms with Crippen molar-refractivity contribution in [2.75, 3.05) is 0 Å². The van der Waals surface area contributed by atoms with Gasteiger partial charge < -0.3 is 0 Å². The maximum atomic E-state index is 12.4. The van der Waals surface area contributed by atoms with Crippen LogP contribution in [-0.2, 0) is 0 Å². The fraction of sp³-hybridized carbons (Fsp3) is 0.556. The molecule has 0 amide bonds. The van der Waals surface area contributed by atoms with Crippen molar-refractivity contribution in [2.45, 2.75) is 25.9 Å². The minimum Gasteiger partial charge on any atom is -0.166 e. The van der Waals surface area contributed by atoms with Crippen molar-refractivity contribution >= 4 is 12.6 Å². The smallest absolute Gasteiger partial charge is 0.166 e. The Morgan fingerprint density at radius 1 is 1.46 bits per heavy atom. The third kappa shape index (κ3) is 2.79. The van der Waals surface area contributed by atoms with Crippen molar-refractivity contribution in [3.05, 3.63) is 22.6 Å². The van der Waals surface area contributed by atoms with E-state index in [2.05, 4.69) is 12.6 Å². The minimum absolute atomic E-state index is 0.414. The third-order valence-electron chi connectivity index (χ3n) is 2.11. The summed E-state index contributed by atoms with van der Waals surface area (Å²) in [7, 11) is 0. The average Bonchev–Trinajstić information content (AvgIpc) is 2.11. The molecule has 0 nitrogen and oxygen atoms in total. The van der Waals surface area contributed by atoms with Crippen LogP contribution >= 0.6 is 12.6 Å². The highest BCUT2D eigenvalue weighted by Gasteiger charge is 2.36. The van der Waals surface area contributed by atoms with E-state index in [1.165, 1.54) is 0 Å². The van der Waals surface area contributed by atoms with Crippen LogP contribution in [0.1, 0.15) is 19.8 Å². The van der Waals surface area contributed by atoms with Gasteiger partial charge in [-0.15, -0.1) is 12.6 Å². The third-order valence-corrected chi connectivity index (χ3v) is 2.43. The van der Waals surface area contributed by atoms with Gasteiger partial charge in [0.05, 0.1) is 0 Å². The van der Waals surface area contributed by atoms with E-state index in [4.69, 9.17) is 0 Å². The second-order valence-corrected chi connectivity index (χ2v) is 3.72. The molecule has 0 unspecified atom stereocenters. The highest BCUT2D eigenvalue weighted by Crippen LogP contribution is 2.36. The van der Waals surface area contributed by atoms with Gasteiger partial charge in [0.1, 0.15) is 0 Å². The van der Waals surface area contributed by atoms with E-state index in [1.54, 1.807) is 13.0 Å². The molecule has 0 radical (unpaired) electrons. The highest BCUT2D eigenvalue weighted by atomic mass is 32.1. The molecule has 4 heteroatoms. The van der Waals surface area contributed by atoms with Crippen molar-refractivity contribution in [3.63, 3.8) is 0 Å². The lowest BCUT2D eigenvalue weighted by atomic mass is 9.97. The normalized spacial score (nSPS) is 24.8. The SMILES string of the molecule is C[C@H]1CCC=C(S)C=C1C(F)(F)F.